The highest BCUT2D eigenvalue weighted by molar-refractivity contribution is 7.98. The van der Waals surface area contributed by atoms with Crippen molar-refractivity contribution in [2.24, 2.45) is 0 Å². The van der Waals surface area contributed by atoms with Crippen LogP contribution in [0, 0.1) is 12.3 Å². The Morgan fingerprint density at radius 2 is 2.18 bits per heavy atom. The number of terminal acetylenes is 1. The second kappa shape index (κ2) is 6.57. The van der Waals surface area contributed by atoms with Crippen molar-refractivity contribution in [3.63, 3.8) is 0 Å². The summed E-state index contributed by atoms with van der Waals surface area (Å²) in [7, 11) is 0. The minimum absolute atomic E-state index is 0.201. The van der Waals surface area contributed by atoms with Crippen LogP contribution in [0.1, 0.15) is 20.3 Å². The van der Waals surface area contributed by atoms with Crippen LogP contribution in [0.4, 0.5) is 0 Å². The van der Waals surface area contributed by atoms with Gasteiger partial charge in [0.2, 0.25) is 0 Å². The molecule has 0 aromatic rings. The lowest BCUT2D eigenvalue weighted by molar-refractivity contribution is 0.515. The van der Waals surface area contributed by atoms with E-state index in [1.165, 1.54) is 12.2 Å². The molecule has 2 unspecified atom stereocenters. The molecule has 0 aromatic carbocycles. The molecule has 0 saturated carbocycles. The van der Waals surface area contributed by atoms with E-state index in [2.05, 4.69) is 24.4 Å². The third-order valence-electron chi connectivity index (χ3n) is 1.54. The molecule has 2 heteroatoms. The first-order chi connectivity index (χ1) is 5.20. The fourth-order valence-corrected chi connectivity index (χ4v) is 1.44. The first-order valence-corrected chi connectivity index (χ1v) is 5.31. The minimum atomic E-state index is 0.201. The van der Waals surface area contributed by atoms with Crippen LogP contribution in [0.25, 0.3) is 0 Å². The zero-order chi connectivity index (χ0) is 8.69. The van der Waals surface area contributed by atoms with Crippen molar-refractivity contribution in [1.29, 1.82) is 0 Å². The molecule has 2 atom stereocenters. The van der Waals surface area contributed by atoms with Crippen molar-refractivity contribution >= 4 is 11.8 Å². The van der Waals surface area contributed by atoms with E-state index in [0.717, 1.165) is 0 Å². The third-order valence-corrected chi connectivity index (χ3v) is 2.18. The van der Waals surface area contributed by atoms with E-state index >= 15 is 0 Å². The van der Waals surface area contributed by atoms with Crippen molar-refractivity contribution in [3.05, 3.63) is 0 Å². The van der Waals surface area contributed by atoms with Crippen molar-refractivity contribution in [3.8, 4) is 12.3 Å². The van der Waals surface area contributed by atoms with Gasteiger partial charge in [0.15, 0.2) is 0 Å². The molecule has 0 saturated heterocycles. The summed E-state index contributed by atoms with van der Waals surface area (Å²) in [6.07, 6.45) is 8.54. The maximum absolute atomic E-state index is 5.23. The Bertz CT molecular complexity index is 128. The number of nitrogens with one attached hydrogen (secondary N) is 1. The van der Waals surface area contributed by atoms with E-state index in [1.54, 1.807) is 0 Å². The fourth-order valence-electron chi connectivity index (χ4n) is 0.853. The lowest BCUT2D eigenvalue weighted by atomic mass is 10.2. The van der Waals surface area contributed by atoms with Gasteiger partial charge in [-0.2, -0.15) is 11.8 Å². The molecular formula is C9H17NS. The van der Waals surface area contributed by atoms with Gasteiger partial charge in [0.1, 0.15) is 0 Å². The summed E-state index contributed by atoms with van der Waals surface area (Å²) in [4.78, 5) is 0. The smallest absolute Gasteiger partial charge is 0.0660 e. The molecule has 0 rings (SSSR count). The number of thioether (sulfide) groups is 1. The van der Waals surface area contributed by atoms with Crippen LogP contribution in [-0.4, -0.2) is 24.1 Å². The lowest BCUT2D eigenvalue weighted by Gasteiger charge is -2.15. The van der Waals surface area contributed by atoms with E-state index < -0.39 is 0 Å². The molecule has 1 nitrogen and oxygen atoms in total. The fraction of sp³-hybridized carbons (Fsp3) is 0.778. The Labute approximate surface area is 74.3 Å². The molecule has 0 bridgehead atoms. The number of hydrogen-bond donors (Lipinski definition) is 1. The summed E-state index contributed by atoms with van der Waals surface area (Å²) in [5.74, 6) is 3.85. The largest absolute Gasteiger partial charge is 0.301 e. The predicted octanol–water partition coefficient (Wildman–Crippen LogP) is 1.74. The molecule has 0 spiro atoms. The summed E-state index contributed by atoms with van der Waals surface area (Å²) in [5.41, 5.74) is 0. The van der Waals surface area contributed by atoms with Gasteiger partial charge in [-0.25, -0.2) is 0 Å². The highest BCUT2D eigenvalue weighted by Crippen LogP contribution is 2.00. The van der Waals surface area contributed by atoms with Crippen molar-refractivity contribution in [2.75, 3.05) is 12.0 Å². The van der Waals surface area contributed by atoms with E-state index in [-0.39, 0.29) is 6.04 Å². The van der Waals surface area contributed by atoms with Gasteiger partial charge in [-0.15, -0.1) is 6.42 Å². The molecule has 0 fully saturated rings. The second-order valence-corrected chi connectivity index (χ2v) is 3.72. The lowest BCUT2D eigenvalue weighted by Crippen LogP contribution is -2.33. The second-order valence-electron chi connectivity index (χ2n) is 2.74. The average Bonchev–Trinajstić information content (AvgIpc) is 2.00. The van der Waals surface area contributed by atoms with Gasteiger partial charge in [0, 0.05) is 6.04 Å². The van der Waals surface area contributed by atoms with Gasteiger partial charge in [0.25, 0.3) is 0 Å². The Morgan fingerprint density at radius 3 is 2.64 bits per heavy atom. The van der Waals surface area contributed by atoms with Crippen LogP contribution in [0.5, 0.6) is 0 Å². The van der Waals surface area contributed by atoms with Crippen LogP contribution in [0.15, 0.2) is 0 Å². The summed E-state index contributed by atoms with van der Waals surface area (Å²) >= 11 is 1.87. The molecule has 1 N–H and O–H groups in total. The Balaban J connectivity index is 3.37. The van der Waals surface area contributed by atoms with E-state index in [1.807, 2.05) is 18.7 Å². The van der Waals surface area contributed by atoms with Crippen molar-refractivity contribution < 1.29 is 0 Å². The van der Waals surface area contributed by atoms with E-state index in [0.29, 0.717) is 6.04 Å². The highest BCUT2D eigenvalue weighted by Gasteiger charge is 2.02. The maximum Gasteiger partial charge on any atom is 0.0660 e. The highest BCUT2D eigenvalue weighted by atomic mass is 32.2. The molecule has 11 heavy (non-hydrogen) atoms. The Kier molecular flexibility index (Phi) is 6.49. The Hall–Kier alpha value is -0.130. The number of hydrogen-bond acceptors (Lipinski definition) is 2. The van der Waals surface area contributed by atoms with Crippen LogP contribution in [0.3, 0.4) is 0 Å². The minimum Gasteiger partial charge on any atom is -0.301 e. The zero-order valence-corrected chi connectivity index (χ0v) is 8.37. The van der Waals surface area contributed by atoms with Gasteiger partial charge in [0.05, 0.1) is 6.04 Å². The summed E-state index contributed by atoms with van der Waals surface area (Å²) < 4.78 is 0. The summed E-state index contributed by atoms with van der Waals surface area (Å²) in [6, 6.07) is 0.736. The van der Waals surface area contributed by atoms with Gasteiger partial charge in [-0.3, -0.25) is 0 Å². The van der Waals surface area contributed by atoms with Crippen LogP contribution >= 0.6 is 11.8 Å². The predicted molar refractivity (Wildman–Crippen MR) is 53.9 cm³/mol. The quantitative estimate of drug-likeness (QED) is 0.632. The molecule has 0 aliphatic heterocycles. The Morgan fingerprint density at radius 1 is 1.55 bits per heavy atom. The molecule has 0 aromatic heterocycles. The van der Waals surface area contributed by atoms with Gasteiger partial charge in [-0.1, -0.05) is 5.92 Å². The van der Waals surface area contributed by atoms with E-state index in [4.69, 9.17) is 6.42 Å². The number of rotatable bonds is 5. The molecule has 0 aliphatic rings. The molecular weight excluding hydrogens is 154 g/mol. The molecule has 0 amide bonds. The average molecular weight is 171 g/mol. The van der Waals surface area contributed by atoms with Crippen molar-refractivity contribution in [2.45, 2.75) is 32.4 Å². The van der Waals surface area contributed by atoms with E-state index in [9.17, 15) is 0 Å². The monoisotopic (exact) mass is 171 g/mol. The molecule has 0 heterocycles. The maximum atomic E-state index is 5.23. The van der Waals surface area contributed by atoms with Crippen LogP contribution in [0.2, 0.25) is 0 Å². The van der Waals surface area contributed by atoms with Gasteiger partial charge < -0.3 is 5.32 Å². The van der Waals surface area contributed by atoms with Crippen LogP contribution < -0.4 is 5.32 Å². The third kappa shape index (κ3) is 6.28. The zero-order valence-electron chi connectivity index (χ0n) is 7.55. The summed E-state index contributed by atoms with van der Waals surface area (Å²) in [5, 5.41) is 3.31. The first-order valence-electron chi connectivity index (χ1n) is 3.91. The molecule has 0 radical (unpaired) electrons. The van der Waals surface area contributed by atoms with Crippen LogP contribution in [-0.2, 0) is 0 Å². The first kappa shape index (κ1) is 10.9. The van der Waals surface area contributed by atoms with Gasteiger partial charge >= 0.3 is 0 Å². The topological polar surface area (TPSA) is 12.0 Å². The SMILES string of the molecule is C#CC(C)NC(C)CCSC. The van der Waals surface area contributed by atoms with Gasteiger partial charge in [-0.05, 0) is 32.3 Å². The normalized spacial score (nSPS) is 15.5. The standard InChI is InChI=1S/C9H17NS/c1-5-8(2)10-9(3)6-7-11-4/h1,8-10H,6-7H2,2-4H3. The molecule has 0 aliphatic carbocycles. The molecule has 64 valence electrons. The summed E-state index contributed by atoms with van der Waals surface area (Å²) in [6.45, 7) is 4.18. The van der Waals surface area contributed by atoms with Crippen molar-refractivity contribution in [1.82, 2.24) is 5.32 Å².